The van der Waals surface area contributed by atoms with Gasteiger partial charge in [0.05, 0.1) is 6.54 Å². The molecule has 1 saturated carbocycles. The Labute approximate surface area is 122 Å². The molecule has 0 spiro atoms. The molecule has 1 aromatic rings. The molecule has 19 heavy (non-hydrogen) atoms. The highest BCUT2D eigenvalue weighted by Crippen LogP contribution is 2.25. The van der Waals surface area contributed by atoms with E-state index in [1.807, 2.05) is 24.3 Å². The monoisotopic (exact) mass is 325 g/mol. The van der Waals surface area contributed by atoms with Crippen LogP contribution >= 0.6 is 15.9 Å². The molecule has 1 N–H and O–H groups in total. The van der Waals surface area contributed by atoms with Gasteiger partial charge in [-0.2, -0.15) is 0 Å². The summed E-state index contributed by atoms with van der Waals surface area (Å²) in [6.07, 6.45) is 4.35. The van der Waals surface area contributed by atoms with Crippen molar-refractivity contribution in [2.45, 2.75) is 31.7 Å². The number of aliphatic hydroxyl groups is 1. The third-order valence-corrected chi connectivity index (χ3v) is 4.18. The third-order valence-electron chi connectivity index (χ3n) is 3.69. The lowest BCUT2D eigenvalue weighted by Crippen LogP contribution is -2.43. The number of ketones is 1. The molecule has 2 rings (SSSR count). The fourth-order valence-electron chi connectivity index (χ4n) is 2.35. The van der Waals surface area contributed by atoms with E-state index in [0.717, 1.165) is 23.0 Å². The molecule has 1 aliphatic carbocycles. The molecular formula is C15H20BrNO2. The number of rotatable bonds is 7. The zero-order chi connectivity index (χ0) is 13.7. The Kier molecular flexibility index (Phi) is 5.55. The number of carbonyl (C=O) groups excluding carboxylic acids is 1. The topological polar surface area (TPSA) is 40.5 Å². The van der Waals surface area contributed by atoms with Crippen LogP contribution in [0.4, 0.5) is 0 Å². The summed E-state index contributed by atoms with van der Waals surface area (Å²) in [6, 6.07) is 8.07. The van der Waals surface area contributed by atoms with E-state index in [0.29, 0.717) is 12.6 Å². The van der Waals surface area contributed by atoms with E-state index >= 15 is 0 Å². The van der Waals surface area contributed by atoms with Crippen LogP contribution in [0, 0.1) is 0 Å². The van der Waals surface area contributed by atoms with Crippen LogP contribution in [0.25, 0.3) is 0 Å². The molecule has 0 aliphatic heterocycles. The second-order valence-electron chi connectivity index (χ2n) is 5.07. The largest absolute Gasteiger partial charge is 0.396 e. The van der Waals surface area contributed by atoms with E-state index in [4.69, 9.17) is 5.11 Å². The van der Waals surface area contributed by atoms with Gasteiger partial charge in [0.1, 0.15) is 0 Å². The first-order valence-electron chi connectivity index (χ1n) is 6.84. The number of aliphatic hydroxyl groups excluding tert-OH is 1. The van der Waals surface area contributed by atoms with Gasteiger partial charge in [0.25, 0.3) is 0 Å². The minimum absolute atomic E-state index is 0.158. The van der Waals surface area contributed by atoms with Crippen LogP contribution in [-0.2, 0) is 0 Å². The Morgan fingerprint density at radius 3 is 2.79 bits per heavy atom. The van der Waals surface area contributed by atoms with Gasteiger partial charge in [-0.15, -0.1) is 0 Å². The summed E-state index contributed by atoms with van der Waals surface area (Å²) in [7, 11) is 0. The average molecular weight is 326 g/mol. The molecule has 0 heterocycles. The highest BCUT2D eigenvalue weighted by atomic mass is 79.9. The van der Waals surface area contributed by atoms with Gasteiger partial charge in [-0.25, -0.2) is 0 Å². The molecule has 1 aliphatic rings. The van der Waals surface area contributed by atoms with E-state index in [9.17, 15) is 4.79 Å². The Morgan fingerprint density at radius 1 is 1.42 bits per heavy atom. The van der Waals surface area contributed by atoms with E-state index in [-0.39, 0.29) is 12.4 Å². The standard InChI is InChI=1S/C15H20BrNO2/c16-13-5-1-4-12(10-13)15(19)11-17(8-3-9-18)14-6-2-7-14/h1,4-5,10,14,18H,2-3,6-9,11H2. The molecule has 1 aromatic carbocycles. The van der Waals surface area contributed by atoms with Gasteiger partial charge in [0.15, 0.2) is 5.78 Å². The second kappa shape index (κ2) is 7.17. The van der Waals surface area contributed by atoms with Crippen LogP contribution in [0.3, 0.4) is 0 Å². The summed E-state index contributed by atoms with van der Waals surface area (Å²) in [5.41, 5.74) is 0.752. The fourth-order valence-corrected chi connectivity index (χ4v) is 2.75. The van der Waals surface area contributed by atoms with Crippen molar-refractivity contribution in [3.63, 3.8) is 0 Å². The van der Waals surface area contributed by atoms with Crippen molar-refractivity contribution in [1.82, 2.24) is 4.90 Å². The van der Waals surface area contributed by atoms with Gasteiger partial charge < -0.3 is 5.11 Å². The smallest absolute Gasteiger partial charge is 0.176 e. The summed E-state index contributed by atoms with van der Waals surface area (Å²) >= 11 is 3.39. The van der Waals surface area contributed by atoms with E-state index in [1.165, 1.54) is 19.3 Å². The molecule has 0 bridgehead atoms. The molecule has 3 nitrogen and oxygen atoms in total. The Bertz CT molecular complexity index is 432. The predicted octanol–water partition coefficient (Wildman–Crippen LogP) is 2.87. The minimum Gasteiger partial charge on any atom is -0.396 e. The maximum atomic E-state index is 12.3. The molecule has 0 atom stereocenters. The lowest BCUT2D eigenvalue weighted by atomic mass is 9.91. The quantitative estimate of drug-likeness (QED) is 0.784. The zero-order valence-electron chi connectivity index (χ0n) is 11.0. The first-order valence-corrected chi connectivity index (χ1v) is 7.63. The Hall–Kier alpha value is -0.710. The second-order valence-corrected chi connectivity index (χ2v) is 5.98. The van der Waals surface area contributed by atoms with E-state index < -0.39 is 0 Å². The minimum atomic E-state index is 0.158. The summed E-state index contributed by atoms with van der Waals surface area (Å²) < 4.78 is 0.934. The lowest BCUT2D eigenvalue weighted by molar-refractivity contribution is 0.0788. The van der Waals surface area contributed by atoms with E-state index in [2.05, 4.69) is 20.8 Å². The molecule has 0 saturated heterocycles. The van der Waals surface area contributed by atoms with Crippen molar-refractivity contribution in [2.24, 2.45) is 0 Å². The SMILES string of the molecule is O=C(CN(CCCO)C1CCC1)c1cccc(Br)c1. The summed E-state index contributed by atoms with van der Waals surface area (Å²) in [6.45, 7) is 1.45. The molecule has 0 amide bonds. The van der Waals surface area contributed by atoms with Crippen LogP contribution in [0.5, 0.6) is 0 Å². The predicted molar refractivity (Wildman–Crippen MR) is 79.4 cm³/mol. The summed E-state index contributed by atoms with van der Waals surface area (Å²) in [5, 5.41) is 8.96. The molecular weight excluding hydrogens is 306 g/mol. The first kappa shape index (κ1) is 14.7. The van der Waals surface area contributed by atoms with Crippen molar-refractivity contribution in [1.29, 1.82) is 0 Å². The Morgan fingerprint density at radius 2 is 2.21 bits per heavy atom. The molecule has 4 heteroatoms. The maximum Gasteiger partial charge on any atom is 0.176 e. The maximum absolute atomic E-state index is 12.3. The van der Waals surface area contributed by atoms with Gasteiger partial charge in [0.2, 0.25) is 0 Å². The highest BCUT2D eigenvalue weighted by molar-refractivity contribution is 9.10. The van der Waals surface area contributed by atoms with Gasteiger partial charge >= 0.3 is 0 Å². The van der Waals surface area contributed by atoms with Gasteiger partial charge in [-0.05, 0) is 31.4 Å². The highest BCUT2D eigenvalue weighted by Gasteiger charge is 2.26. The number of hydrogen-bond donors (Lipinski definition) is 1. The normalized spacial score (nSPS) is 15.5. The molecule has 0 aromatic heterocycles. The number of halogens is 1. The van der Waals surface area contributed by atoms with Gasteiger partial charge in [-0.1, -0.05) is 34.5 Å². The number of benzene rings is 1. The summed E-state index contributed by atoms with van der Waals surface area (Å²) in [5.74, 6) is 0.158. The number of Topliss-reactive ketones (excluding diaryl/α,β-unsaturated/α-hetero) is 1. The van der Waals surface area contributed by atoms with Crippen molar-refractivity contribution in [3.8, 4) is 0 Å². The van der Waals surface area contributed by atoms with Crippen molar-refractivity contribution in [3.05, 3.63) is 34.3 Å². The number of hydrogen-bond acceptors (Lipinski definition) is 3. The molecule has 0 unspecified atom stereocenters. The first-order chi connectivity index (χ1) is 9.20. The molecule has 1 fully saturated rings. The van der Waals surface area contributed by atoms with Gasteiger partial charge in [-0.3, -0.25) is 9.69 Å². The fraction of sp³-hybridized carbons (Fsp3) is 0.533. The summed E-state index contributed by atoms with van der Waals surface area (Å²) in [4.78, 5) is 14.5. The average Bonchev–Trinajstić information content (AvgIpc) is 2.33. The van der Waals surface area contributed by atoms with E-state index in [1.54, 1.807) is 0 Å². The molecule has 104 valence electrons. The zero-order valence-corrected chi connectivity index (χ0v) is 12.6. The molecule has 0 radical (unpaired) electrons. The van der Waals surface area contributed by atoms with Crippen molar-refractivity contribution in [2.75, 3.05) is 19.7 Å². The van der Waals surface area contributed by atoms with Crippen LogP contribution in [0.2, 0.25) is 0 Å². The van der Waals surface area contributed by atoms with Crippen LogP contribution in [0.15, 0.2) is 28.7 Å². The van der Waals surface area contributed by atoms with Crippen LogP contribution in [0.1, 0.15) is 36.0 Å². The van der Waals surface area contributed by atoms with Gasteiger partial charge in [0, 0.05) is 29.2 Å². The van der Waals surface area contributed by atoms with Crippen LogP contribution < -0.4 is 0 Å². The van der Waals surface area contributed by atoms with Crippen molar-refractivity contribution >= 4 is 21.7 Å². The Balaban J connectivity index is 1.97. The van der Waals surface area contributed by atoms with Crippen LogP contribution in [-0.4, -0.2) is 41.5 Å². The lowest BCUT2D eigenvalue weighted by Gasteiger charge is -2.37. The third kappa shape index (κ3) is 4.13. The van der Waals surface area contributed by atoms with Crippen molar-refractivity contribution < 1.29 is 9.90 Å². The number of carbonyl (C=O) groups is 1. The number of nitrogens with zero attached hydrogens (tertiary/aromatic N) is 1.